The summed E-state index contributed by atoms with van der Waals surface area (Å²) in [6.45, 7) is 0.788. The Hall–Kier alpha value is -2.93. The first-order valence-electron chi connectivity index (χ1n) is 8.64. The lowest BCUT2D eigenvalue weighted by molar-refractivity contribution is -0.126. The SMILES string of the molecule is CN(Cc1cccc2ccccc12)C(=O)C1=CN2CCS(=O)(=O)N=C2C=C1. The minimum absolute atomic E-state index is 0.0475. The van der Waals surface area contributed by atoms with Crippen molar-refractivity contribution in [3.05, 3.63) is 72.0 Å². The Morgan fingerprint density at radius 1 is 1.15 bits per heavy atom. The van der Waals surface area contributed by atoms with Gasteiger partial charge in [-0.1, -0.05) is 42.5 Å². The third-order valence-electron chi connectivity index (χ3n) is 4.71. The van der Waals surface area contributed by atoms with Gasteiger partial charge in [0.05, 0.1) is 11.3 Å². The van der Waals surface area contributed by atoms with Crippen LogP contribution in [0.25, 0.3) is 10.8 Å². The second kappa shape index (κ2) is 6.66. The van der Waals surface area contributed by atoms with E-state index < -0.39 is 10.0 Å². The summed E-state index contributed by atoms with van der Waals surface area (Å²) in [6, 6.07) is 14.2. The van der Waals surface area contributed by atoms with E-state index in [0.717, 1.165) is 16.3 Å². The Balaban J connectivity index is 1.55. The first-order valence-corrected chi connectivity index (χ1v) is 10.3. The maximum Gasteiger partial charge on any atom is 0.256 e. The number of hydrogen-bond donors (Lipinski definition) is 0. The second-order valence-corrected chi connectivity index (χ2v) is 8.40. The number of fused-ring (bicyclic) bond motifs is 2. The molecule has 2 aromatic rings. The summed E-state index contributed by atoms with van der Waals surface area (Å²) in [5.41, 5.74) is 1.59. The second-order valence-electron chi connectivity index (χ2n) is 6.65. The van der Waals surface area contributed by atoms with Crippen LogP contribution in [0.4, 0.5) is 0 Å². The fourth-order valence-electron chi connectivity index (χ4n) is 3.31. The van der Waals surface area contributed by atoms with Gasteiger partial charge in [-0.2, -0.15) is 0 Å². The highest BCUT2D eigenvalue weighted by Gasteiger charge is 2.26. The van der Waals surface area contributed by atoms with Crippen LogP contribution in [-0.2, 0) is 21.4 Å². The van der Waals surface area contributed by atoms with Crippen LogP contribution in [-0.4, -0.2) is 49.3 Å². The zero-order valence-corrected chi connectivity index (χ0v) is 15.7. The standard InChI is InChI=1S/C20H19N3O3S/c1-22(13-16-7-4-6-15-5-2-3-8-18(15)16)20(24)17-9-10-19-21-27(25,26)12-11-23(19)14-17/h2-10,14H,11-13H2,1H3. The number of sulfonamides is 1. The molecule has 0 fully saturated rings. The Kier molecular flexibility index (Phi) is 4.31. The number of benzene rings is 2. The van der Waals surface area contributed by atoms with Gasteiger partial charge in [-0.25, -0.2) is 8.42 Å². The Labute approximate surface area is 158 Å². The van der Waals surface area contributed by atoms with Gasteiger partial charge < -0.3 is 9.80 Å². The zero-order valence-electron chi connectivity index (χ0n) is 14.9. The molecule has 2 heterocycles. The van der Waals surface area contributed by atoms with Crippen LogP contribution in [0.1, 0.15) is 5.56 Å². The number of carbonyl (C=O) groups is 1. The van der Waals surface area contributed by atoms with Crippen molar-refractivity contribution in [3.63, 3.8) is 0 Å². The van der Waals surface area contributed by atoms with Crippen LogP contribution in [0.5, 0.6) is 0 Å². The van der Waals surface area contributed by atoms with Gasteiger partial charge in [0.1, 0.15) is 5.84 Å². The van der Waals surface area contributed by atoms with Crippen LogP contribution < -0.4 is 0 Å². The fourth-order valence-corrected chi connectivity index (χ4v) is 4.27. The van der Waals surface area contributed by atoms with E-state index in [2.05, 4.69) is 22.6 Å². The summed E-state index contributed by atoms with van der Waals surface area (Å²) in [4.78, 5) is 16.2. The molecule has 0 spiro atoms. The van der Waals surface area contributed by atoms with Crippen LogP contribution in [0.2, 0.25) is 0 Å². The third-order valence-corrected chi connectivity index (χ3v) is 5.87. The Bertz CT molecular complexity index is 1110. The lowest BCUT2D eigenvalue weighted by Crippen LogP contribution is -2.38. The highest BCUT2D eigenvalue weighted by atomic mass is 32.2. The van der Waals surface area contributed by atoms with Crippen molar-refractivity contribution in [1.29, 1.82) is 0 Å². The van der Waals surface area contributed by atoms with Gasteiger partial charge in [-0.15, -0.1) is 4.40 Å². The summed E-state index contributed by atoms with van der Waals surface area (Å²) in [7, 11) is -1.63. The highest BCUT2D eigenvalue weighted by Crippen LogP contribution is 2.21. The maximum absolute atomic E-state index is 12.9. The molecule has 7 heteroatoms. The molecule has 27 heavy (non-hydrogen) atoms. The largest absolute Gasteiger partial charge is 0.337 e. The van der Waals surface area contributed by atoms with Gasteiger partial charge >= 0.3 is 0 Å². The normalized spacial score (nSPS) is 17.9. The number of amides is 1. The molecule has 0 N–H and O–H groups in total. The molecular weight excluding hydrogens is 362 g/mol. The van der Waals surface area contributed by atoms with Gasteiger partial charge in [-0.05, 0) is 28.5 Å². The predicted molar refractivity (Wildman–Crippen MR) is 106 cm³/mol. The average molecular weight is 381 g/mol. The lowest BCUT2D eigenvalue weighted by Gasteiger charge is -2.28. The smallest absolute Gasteiger partial charge is 0.256 e. The molecule has 0 aromatic heterocycles. The topological polar surface area (TPSA) is 70.1 Å². The van der Waals surface area contributed by atoms with E-state index >= 15 is 0 Å². The van der Waals surface area contributed by atoms with Gasteiger partial charge in [0.2, 0.25) is 0 Å². The zero-order chi connectivity index (χ0) is 19.0. The molecule has 1 amide bonds. The van der Waals surface area contributed by atoms with Crippen LogP contribution in [0.3, 0.4) is 0 Å². The van der Waals surface area contributed by atoms with Crippen LogP contribution >= 0.6 is 0 Å². The quantitative estimate of drug-likeness (QED) is 0.818. The van der Waals surface area contributed by atoms with Crippen molar-refractivity contribution in [2.45, 2.75) is 6.54 Å². The van der Waals surface area contributed by atoms with E-state index in [9.17, 15) is 13.2 Å². The van der Waals surface area contributed by atoms with Crippen molar-refractivity contribution >= 4 is 32.5 Å². The van der Waals surface area contributed by atoms with Crippen molar-refractivity contribution in [2.75, 3.05) is 19.3 Å². The fraction of sp³-hybridized carbons (Fsp3) is 0.200. The molecular formula is C20H19N3O3S. The summed E-state index contributed by atoms with van der Waals surface area (Å²) in [5, 5.41) is 2.27. The average Bonchev–Trinajstić information content (AvgIpc) is 2.66. The van der Waals surface area contributed by atoms with Gasteiger partial charge in [-0.3, -0.25) is 4.79 Å². The molecule has 0 saturated carbocycles. The molecule has 2 aromatic carbocycles. The molecule has 2 aliphatic heterocycles. The monoisotopic (exact) mass is 381 g/mol. The van der Waals surface area contributed by atoms with Gasteiger partial charge in [0, 0.05) is 26.3 Å². The van der Waals surface area contributed by atoms with Crippen molar-refractivity contribution in [3.8, 4) is 0 Å². The molecule has 0 aliphatic carbocycles. The van der Waals surface area contributed by atoms with E-state index in [1.807, 2.05) is 24.3 Å². The van der Waals surface area contributed by atoms with Gasteiger partial charge in [0.15, 0.2) is 0 Å². The van der Waals surface area contributed by atoms with Gasteiger partial charge in [0.25, 0.3) is 15.9 Å². The van der Waals surface area contributed by atoms with Crippen molar-refractivity contribution in [2.24, 2.45) is 4.40 Å². The molecule has 0 atom stereocenters. The van der Waals surface area contributed by atoms with Crippen LogP contribution in [0, 0.1) is 0 Å². The predicted octanol–water partition coefficient (Wildman–Crippen LogP) is 2.30. The molecule has 0 saturated heterocycles. The summed E-state index contributed by atoms with van der Waals surface area (Å²) in [5.74, 6) is 0.190. The van der Waals surface area contributed by atoms with Crippen molar-refractivity contribution < 1.29 is 13.2 Å². The van der Waals surface area contributed by atoms with E-state index in [4.69, 9.17) is 0 Å². The third kappa shape index (κ3) is 3.50. The van der Waals surface area contributed by atoms with Crippen molar-refractivity contribution in [1.82, 2.24) is 9.80 Å². The maximum atomic E-state index is 12.9. The number of likely N-dealkylation sites (N-methyl/N-ethyl adjacent to an activating group) is 1. The molecule has 4 rings (SSSR count). The van der Waals surface area contributed by atoms with E-state index in [1.54, 1.807) is 35.2 Å². The molecule has 2 aliphatic rings. The van der Waals surface area contributed by atoms with Crippen LogP contribution in [0.15, 0.2) is 70.8 Å². The summed E-state index contributed by atoms with van der Waals surface area (Å²) < 4.78 is 26.9. The lowest BCUT2D eigenvalue weighted by atomic mass is 10.0. The minimum atomic E-state index is -3.40. The number of rotatable bonds is 3. The summed E-state index contributed by atoms with van der Waals surface area (Å²) >= 11 is 0. The Morgan fingerprint density at radius 3 is 2.78 bits per heavy atom. The molecule has 6 nitrogen and oxygen atoms in total. The molecule has 0 unspecified atom stereocenters. The van der Waals surface area contributed by atoms with E-state index in [-0.39, 0.29) is 11.7 Å². The number of amidine groups is 1. The summed E-state index contributed by atoms with van der Waals surface area (Å²) in [6.07, 6.45) is 4.88. The number of carbonyl (C=O) groups excluding carboxylic acids is 1. The van der Waals surface area contributed by atoms with E-state index in [0.29, 0.717) is 24.5 Å². The Morgan fingerprint density at radius 2 is 1.93 bits per heavy atom. The van der Waals surface area contributed by atoms with E-state index in [1.165, 1.54) is 0 Å². The number of hydrogen-bond acceptors (Lipinski definition) is 4. The molecule has 138 valence electrons. The highest BCUT2D eigenvalue weighted by molar-refractivity contribution is 7.90. The first kappa shape index (κ1) is 17.5. The minimum Gasteiger partial charge on any atom is -0.337 e. The molecule has 0 bridgehead atoms. The molecule has 0 radical (unpaired) electrons. The number of nitrogens with zero attached hydrogens (tertiary/aromatic N) is 3. The first-order chi connectivity index (χ1) is 12.9.